The van der Waals surface area contributed by atoms with Crippen LogP contribution in [0.4, 0.5) is 0 Å². The van der Waals surface area contributed by atoms with Gasteiger partial charge in [0.05, 0.1) is 13.0 Å². The average molecular weight is 247 g/mol. The van der Waals surface area contributed by atoms with Crippen LogP contribution in [0.2, 0.25) is 0 Å². The highest BCUT2D eigenvalue weighted by Crippen LogP contribution is 2.27. The zero-order valence-electron chi connectivity index (χ0n) is 11.1. The Morgan fingerprint density at radius 1 is 1.33 bits per heavy atom. The van der Waals surface area contributed by atoms with E-state index in [2.05, 4.69) is 36.5 Å². The summed E-state index contributed by atoms with van der Waals surface area (Å²) in [6.07, 6.45) is 1.94. The Bertz CT molecular complexity index is 399. The van der Waals surface area contributed by atoms with E-state index in [0.717, 1.165) is 25.9 Å². The Labute approximate surface area is 109 Å². The fourth-order valence-electron chi connectivity index (χ4n) is 2.57. The summed E-state index contributed by atoms with van der Waals surface area (Å²) < 4.78 is 4.83. The second kappa shape index (κ2) is 6.01. The van der Waals surface area contributed by atoms with Crippen molar-refractivity contribution in [2.24, 2.45) is 5.92 Å². The summed E-state index contributed by atoms with van der Waals surface area (Å²) in [7, 11) is 1.46. The van der Waals surface area contributed by atoms with E-state index in [9.17, 15) is 4.79 Å². The van der Waals surface area contributed by atoms with Crippen LogP contribution in [0.25, 0.3) is 0 Å². The predicted molar refractivity (Wildman–Crippen MR) is 71.6 cm³/mol. The number of nitrogens with one attached hydrogen (secondary N) is 1. The van der Waals surface area contributed by atoms with Gasteiger partial charge in [-0.2, -0.15) is 0 Å². The van der Waals surface area contributed by atoms with Gasteiger partial charge in [0.25, 0.3) is 0 Å². The molecule has 1 saturated heterocycles. The summed E-state index contributed by atoms with van der Waals surface area (Å²) in [5.74, 6) is 0.297. The van der Waals surface area contributed by atoms with Gasteiger partial charge in [-0.15, -0.1) is 0 Å². The van der Waals surface area contributed by atoms with Gasteiger partial charge in [-0.3, -0.25) is 4.79 Å². The molecule has 3 heteroatoms. The number of ether oxygens (including phenoxy) is 1. The van der Waals surface area contributed by atoms with E-state index >= 15 is 0 Å². The van der Waals surface area contributed by atoms with Gasteiger partial charge >= 0.3 is 5.97 Å². The molecule has 1 N–H and O–H groups in total. The Hall–Kier alpha value is -1.35. The van der Waals surface area contributed by atoms with Crippen molar-refractivity contribution in [1.82, 2.24) is 5.32 Å². The number of esters is 1. The van der Waals surface area contributed by atoms with Gasteiger partial charge in [-0.05, 0) is 29.9 Å². The molecule has 1 aliphatic heterocycles. The molecule has 0 radical (unpaired) electrons. The molecule has 0 bridgehead atoms. The second-order valence-electron chi connectivity index (χ2n) is 4.91. The molecule has 1 aliphatic rings. The van der Waals surface area contributed by atoms with Crippen molar-refractivity contribution in [2.75, 3.05) is 20.2 Å². The summed E-state index contributed by atoms with van der Waals surface area (Å²) in [5.41, 5.74) is 2.67. The lowest BCUT2D eigenvalue weighted by molar-refractivity contribution is -0.146. The van der Waals surface area contributed by atoms with Gasteiger partial charge in [0.1, 0.15) is 0 Å². The van der Waals surface area contributed by atoms with Crippen LogP contribution in [0, 0.1) is 5.92 Å². The number of hydrogen-bond acceptors (Lipinski definition) is 3. The molecule has 1 heterocycles. The van der Waals surface area contributed by atoms with Crippen molar-refractivity contribution in [3.05, 3.63) is 35.4 Å². The minimum absolute atomic E-state index is 0.0143. The molecule has 18 heavy (non-hydrogen) atoms. The zero-order chi connectivity index (χ0) is 13.0. The minimum atomic E-state index is -0.0996. The van der Waals surface area contributed by atoms with Gasteiger partial charge in [-0.1, -0.05) is 31.2 Å². The van der Waals surface area contributed by atoms with Crippen molar-refractivity contribution in [3.63, 3.8) is 0 Å². The van der Waals surface area contributed by atoms with Crippen LogP contribution in [-0.2, 0) is 16.0 Å². The van der Waals surface area contributed by atoms with Crippen LogP contribution >= 0.6 is 0 Å². The SMILES string of the molecule is CCc1ccc(C2CNCC(C(=O)OC)C2)cc1. The highest BCUT2D eigenvalue weighted by atomic mass is 16.5. The first-order chi connectivity index (χ1) is 8.74. The smallest absolute Gasteiger partial charge is 0.309 e. The van der Waals surface area contributed by atoms with Crippen molar-refractivity contribution in [1.29, 1.82) is 0 Å². The van der Waals surface area contributed by atoms with Gasteiger partial charge in [0.2, 0.25) is 0 Å². The maximum Gasteiger partial charge on any atom is 0.309 e. The third-order valence-electron chi connectivity index (χ3n) is 3.74. The molecule has 1 aromatic carbocycles. The molecule has 0 saturated carbocycles. The van der Waals surface area contributed by atoms with Gasteiger partial charge in [-0.25, -0.2) is 0 Å². The average Bonchev–Trinajstić information content (AvgIpc) is 2.46. The summed E-state index contributed by atoms with van der Waals surface area (Å²) in [5, 5.41) is 3.33. The van der Waals surface area contributed by atoms with Crippen LogP contribution in [0.15, 0.2) is 24.3 Å². The first-order valence-corrected chi connectivity index (χ1v) is 6.62. The van der Waals surface area contributed by atoms with Crippen molar-refractivity contribution in [3.8, 4) is 0 Å². The quantitative estimate of drug-likeness (QED) is 0.831. The molecular weight excluding hydrogens is 226 g/mol. The van der Waals surface area contributed by atoms with Crippen LogP contribution in [0.3, 0.4) is 0 Å². The maximum absolute atomic E-state index is 11.6. The normalized spacial score (nSPS) is 23.7. The van der Waals surface area contributed by atoms with Crippen LogP contribution < -0.4 is 5.32 Å². The van der Waals surface area contributed by atoms with Crippen LogP contribution in [0.5, 0.6) is 0 Å². The fourth-order valence-corrected chi connectivity index (χ4v) is 2.57. The number of hydrogen-bond donors (Lipinski definition) is 1. The van der Waals surface area contributed by atoms with Gasteiger partial charge in [0, 0.05) is 13.1 Å². The molecule has 1 aromatic rings. The lowest BCUT2D eigenvalue weighted by Crippen LogP contribution is -2.39. The number of rotatable bonds is 3. The molecule has 1 fully saturated rings. The third kappa shape index (κ3) is 2.91. The molecule has 2 atom stereocenters. The first-order valence-electron chi connectivity index (χ1n) is 6.62. The summed E-state index contributed by atoms with van der Waals surface area (Å²) in [6.45, 7) is 3.83. The zero-order valence-corrected chi connectivity index (χ0v) is 11.1. The number of benzene rings is 1. The highest BCUT2D eigenvalue weighted by molar-refractivity contribution is 5.72. The van der Waals surface area contributed by atoms with E-state index in [1.165, 1.54) is 18.2 Å². The Morgan fingerprint density at radius 3 is 2.67 bits per heavy atom. The standard InChI is InChI=1S/C15H21NO2/c1-3-11-4-6-12(7-5-11)13-8-14(10-16-9-13)15(17)18-2/h4-7,13-14,16H,3,8-10H2,1-2H3. The molecule has 2 unspecified atom stereocenters. The molecular formula is C15H21NO2. The van der Waals surface area contributed by atoms with E-state index in [-0.39, 0.29) is 11.9 Å². The van der Waals surface area contributed by atoms with E-state index in [1.54, 1.807) is 0 Å². The lowest BCUT2D eigenvalue weighted by Gasteiger charge is -2.28. The fraction of sp³-hybridized carbons (Fsp3) is 0.533. The molecule has 0 spiro atoms. The van der Waals surface area contributed by atoms with Crippen molar-refractivity contribution in [2.45, 2.75) is 25.7 Å². The number of methoxy groups -OCH3 is 1. The van der Waals surface area contributed by atoms with Crippen LogP contribution in [-0.4, -0.2) is 26.2 Å². The summed E-state index contributed by atoms with van der Waals surface area (Å²) >= 11 is 0. The monoisotopic (exact) mass is 247 g/mol. The Kier molecular flexibility index (Phi) is 4.37. The molecule has 98 valence electrons. The maximum atomic E-state index is 11.6. The first kappa shape index (κ1) is 13.1. The molecule has 3 nitrogen and oxygen atoms in total. The Morgan fingerprint density at radius 2 is 2.06 bits per heavy atom. The highest BCUT2D eigenvalue weighted by Gasteiger charge is 2.28. The van der Waals surface area contributed by atoms with Crippen molar-refractivity contribution < 1.29 is 9.53 Å². The topological polar surface area (TPSA) is 38.3 Å². The minimum Gasteiger partial charge on any atom is -0.469 e. The largest absolute Gasteiger partial charge is 0.469 e. The molecule has 0 amide bonds. The number of piperidine rings is 1. The lowest BCUT2D eigenvalue weighted by atomic mass is 9.85. The van der Waals surface area contributed by atoms with Crippen LogP contribution in [0.1, 0.15) is 30.4 Å². The Balaban J connectivity index is 2.05. The summed E-state index contributed by atoms with van der Waals surface area (Å²) in [6, 6.07) is 8.73. The molecule has 2 rings (SSSR count). The predicted octanol–water partition coefficient (Wildman–Crippen LogP) is 2.12. The number of carbonyl (C=O) groups excluding carboxylic acids is 1. The number of aryl methyl sites for hydroxylation is 1. The summed E-state index contributed by atoms with van der Waals surface area (Å²) in [4.78, 5) is 11.6. The molecule has 0 aromatic heterocycles. The van der Waals surface area contributed by atoms with E-state index < -0.39 is 0 Å². The molecule has 0 aliphatic carbocycles. The number of carbonyl (C=O) groups is 1. The van der Waals surface area contributed by atoms with Gasteiger partial charge in [0.15, 0.2) is 0 Å². The second-order valence-corrected chi connectivity index (χ2v) is 4.91. The van der Waals surface area contributed by atoms with E-state index in [0.29, 0.717) is 5.92 Å². The van der Waals surface area contributed by atoms with Crippen molar-refractivity contribution >= 4 is 5.97 Å². The van der Waals surface area contributed by atoms with E-state index in [1.807, 2.05) is 0 Å². The van der Waals surface area contributed by atoms with Gasteiger partial charge < -0.3 is 10.1 Å². The van der Waals surface area contributed by atoms with E-state index in [4.69, 9.17) is 4.74 Å². The third-order valence-corrected chi connectivity index (χ3v) is 3.74.